The fourth-order valence-electron chi connectivity index (χ4n) is 3.31. The monoisotopic (exact) mass is 407 g/mol. The van der Waals surface area contributed by atoms with Gasteiger partial charge in [-0.2, -0.15) is 0 Å². The van der Waals surface area contributed by atoms with Crippen LogP contribution < -0.4 is 5.32 Å². The number of piperidine rings is 1. The van der Waals surface area contributed by atoms with Gasteiger partial charge in [0, 0.05) is 55.3 Å². The molecule has 0 atom stereocenters. The molecule has 1 aliphatic heterocycles. The molecule has 3 aromatic rings. The SMILES string of the molecule is Cc1nc(C=CC(=O)N2CCC(c3nccnc3Nc3ncccn3)CC2)cs1. The molecule has 29 heavy (non-hydrogen) atoms. The van der Waals surface area contributed by atoms with E-state index in [0.717, 1.165) is 29.2 Å². The van der Waals surface area contributed by atoms with Gasteiger partial charge in [-0.1, -0.05) is 0 Å². The summed E-state index contributed by atoms with van der Waals surface area (Å²) in [6.45, 7) is 3.32. The zero-order valence-electron chi connectivity index (χ0n) is 16.0. The van der Waals surface area contributed by atoms with E-state index >= 15 is 0 Å². The second-order valence-corrected chi connectivity index (χ2v) is 7.77. The van der Waals surface area contributed by atoms with E-state index in [4.69, 9.17) is 0 Å². The Morgan fingerprint density at radius 1 is 1.14 bits per heavy atom. The average Bonchev–Trinajstić information content (AvgIpc) is 3.18. The summed E-state index contributed by atoms with van der Waals surface area (Å²) in [6.07, 6.45) is 11.8. The molecule has 1 fully saturated rings. The zero-order chi connectivity index (χ0) is 20.1. The Morgan fingerprint density at radius 2 is 1.90 bits per heavy atom. The highest BCUT2D eigenvalue weighted by Crippen LogP contribution is 2.31. The van der Waals surface area contributed by atoms with Crippen LogP contribution in [0.1, 0.15) is 35.2 Å². The van der Waals surface area contributed by atoms with Crippen molar-refractivity contribution in [2.75, 3.05) is 18.4 Å². The molecule has 1 amide bonds. The predicted octanol–water partition coefficient (Wildman–Crippen LogP) is 3.19. The largest absolute Gasteiger partial charge is 0.339 e. The van der Waals surface area contributed by atoms with Crippen molar-refractivity contribution >= 4 is 35.1 Å². The average molecular weight is 408 g/mol. The van der Waals surface area contributed by atoms with E-state index in [9.17, 15) is 4.79 Å². The zero-order valence-corrected chi connectivity index (χ0v) is 16.8. The molecular weight excluding hydrogens is 386 g/mol. The van der Waals surface area contributed by atoms with Crippen LogP contribution >= 0.6 is 11.3 Å². The number of thiazole rings is 1. The van der Waals surface area contributed by atoms with Crippen molar-refractivity contribution in [3.05, 3.63) is 58.7 Å². The van der Waals surface area contributed by atoms with Gasteiger partial charge in [-0.3, -0.25) is 9.78 Å². The van der Waals surface area contributed by atoms with Gasteiger partial charge in [0.2, 0.25) is 11.9 Å². The number of hydrogen-bond donors (Lipinski definition) is 1. The van der Waals surface area contributed by atoms with Gasteiger partial charge in [-0.05, 0) is 31.9 Å². The third-order valence-corrected chi connectivity index (χ3v) is 5.54. The van der Waals surface area contributed by atoms with Crippen LogP contribution in [-0.2, 0) is 4.79 Å². The van der Waals surface area contributed by atoms with Crippen molar-refractivity contribution in [2.45, 2.75) is 25.7 Å². The summed E-state index contributed by atoms with van der Waals surface area (Å²) < 4.78 is 0. The highest BCUT2D eigenvalue weighted by molar-refractivity contribution is 7.09. The minimum atomic E-state index is 0.0179. The Hall–Kier alpha value is -3.20. The first-order chi connectivity index (χ1) is 14.2. The summed E-state index contributed by atoms with van der Waals surface area (Å²) in [4.78, 5) is 36.0. The molecule has 0 aliphatic carbocycles. The van der Waals surface area contributed by atoms with E-state index in [1.165, 1.54) is 0 Å². The number of carbonyl (C=O) groups is 1. The Bertz CT molecular complexity index is 997. The first kappa shape index (κ1) is 19.1. The maximum Gasteiger partial charge on any atom is 0.246 e. The lowest BCUT2D eigenvalue weighted by molar-refractivity contribution is -0.126. The Kier molecular flexibility index (Phi) is 5.85. The predicted molar refractivity (Wildman–Crippen MR) is 112 cm³/mol. The molecule has 1 saturated heterocycles. The second-order valence-electron chi connectivity index (χ2n) is 6.71. The lowest BCUT2D eigenvalue weighted by atomic mass is 9.93. The van der Waals surface area contributed by atoms with E-state index < -0.39 is 0 Å². The standard InChI is InChI=1S/C20H21N7OS/c1-14-25-16(13-29-14)3-4-17(28)27-11-5-15(6-12-27)18-19(22-10-9-21-18)26-20-23-7-2-8-24-20/h2-4,7-10,13,15H,5-6,11-12H2,1H3,(H,22,23,24,26). The Labute approximate surface area is 172 Å². The van der Waals surface area contributed by atoms with Crippen molar-refractivity contribution in [1.29, 1.82) is 0 Å². The molecule has 0 spiro atoms. The van der Waals surface area contributed by atoms with Gasteiger partial charge >= 0.3 is 0 Å². The molecule has 0 unspecified atom stereocenters. The van der Waals surface area contributed by atoms with Gasteiger partial charge < -0.3 is 10.2 Å². The highest BCUT2D eigenvalue weighted by atomic mass is 32.1. The van der Waals surface area contributed by atoms with Crippen LogP contribution in [0.4, 0.5) is 11.8 Å². The fourth-order valence-corrected chi connectivity index (χ4v) is 3.89. The number of anilines is 2. The van der Waals surface area contributed by atoms with Gasteiger partial charge in [0.05, 0.1) is 16.4 Å². The highest BCUT2D eigenvalue weighted by Gasteiger charge is 2.26. The first-order valence-electron chi connectivity index (χ1n) is 9.43. The van der Waals surface area contributed by atoms with E-state index in [0.29, 0.717) is 24.9 Å². The Morgan fingerprint density at radius 3 is 2.62 bits per heavy atom. The molecule has 0 saturated carbocycles. The molecule has 4 heterocycles. The van der Waals surface area contributed by atoms with Gasteiger partial charge in [-0.25, -0.2) is 19.9 Å². The summed E-state index contributed by atoms with van der Waals surface area (Å²) in [7, 11) is 0. The second kappa shape index (κ2) is 8.87. The lowest BCUT2D eigenvalue weighted by Gasteiger charge is -2.31. The minimum absolute atomic E-state index is 0.0179. The molecule has 8 nitrogen and oxygen atoms in total. The van der Waals surface area contributed by atoms with Crippen molar-refractivity contribution in [2.24, 2.45) is 0 Å². The number of aryl methyl sites for hydroxylation is 1. The van der Waals surface area contributed by atoms with E-state index in [1.807, 2.05) is 17.2 Å². The van der Waals surface area contributed by atoms with Crippen LogP contribution in [-0.4, -0.2) is 48.8 Å². The number of aromatic nitrogens is 5. The molecule has 3 aromatic heterocycles. The fraction of sp³-hybridized carbons (Fsp3) is 0.300. The smallest absolute Gasteiger partial charge is 0.246 e. The van der Waals surface area contributed by atoms with E-state index in [1.54, 1.807) is 54.3 Å². The maximum atomic E-state index is 12.5. The topological polar surface area (TPSA) is 96.8 Å². The normalized spacial score (nSPS) is 15.0. The summed E-state index contributed by atoms with van der Waals surface area (Å²) in [5.41, 5.74) is 1.72. The summed E-state index contributed by atoms with van der Waals surface area (Å²) in [5.74, 6) is 1.40. The van der Waals surface area contributed by atoms with Crippen LogP contribution in [0.25, 0.3) is 6.08 Å². The molecular formula is C20H21N7OS. The number of amides is 1. The van der Waals surface area contributed by atoms with E-state index in [2.05, 4.69) is 30.2 Å². The van der Waals surface area contributed by atoms with Gasteiger partial charge in [0.25, 0.3) is 0 Å². The summed E-state index contributed by atoms with van der Waals surface area (Å²) in [5, 5.41) is 6.09. The van der Waals surface area contributed by atoms with Crippen LogP contribution in [0.5, 0.6) is 0 Å². The van der Waals surface area contributed by atoms with Crippen molar-refractivity contribution < 1.29 is 4.79 Å². The van der Waals surface area contributed by atoms with Crippen molar-refractivity contribution in [3.8, 4) is 0 Å². The van der Waals surface area contributed by atoms with Crippen molar-refractivity contribution in [1.82, 2.24) is 29.8 Å². The van der Waals surface area contributed by atoms with Crippen LogP contribution in [0.15, 0.2) is 42.3 Å². The molecule has 9 heteroatoms. The van der Waals surface area contributed by atoms with Gasteiger partial charge in [0.1, 0.15) is 0 Å². The minimum Gasteiger partial charge on any atom is -0.339 e. The summed E-state index contributed by atoms with van der Waals surface area (Å²) >= 11 is 1.58. The quantitative estimate of drug-likeness (QED) is 0.649. The maximum absolute atomic E-state index is 12.5. The third kappa shape index (κ3) is 4.80. The molecule has 0 radical (unpaired) electrons. The summed E-state index contributed by atoms with van der Waals surface area (Å²) in [6, 6.07) is 1.76. The van der Waals surface area contributed by atoms with E-state index in [-0.39, 0.29) is 11.8 Å². The van der Waals surface area contributed by atoms with Crippen LogP contribution in [0.3, 0.4) is 0 Å². The molecule has 0 bridgehead atoms. The lowest BCUT2D eigenvalue weighted by Crippen LogP contribution is -2.37. The molecule has 1 aliphatic rings. The van der Waals surface area contributed by atoms with Crippen LogP contribution in [0.2, 0.25) is 0 Å². The number of rotatable bonds is 5. The van der Waals surface area contributed by atoms with Gasteiger partial charge in [-0.15, -0.1) is 11.3 Å². The van der Waals surface area contributed by atoms with Crippen molar-refractivity contribution in [3.63, 3.8) is 0 Å². The molecule has 1 N–H and O–H groups in total. The molecule has 148 valence electrons. The number of nitrogens with zero attached hydrogens (tertiary/aromatic N) is 6. The molecule has 4 rings (SSSR count). The number of carbonyl (C=O) groups excluding carboxylic acids is 1. The first-order valence-corrected chi connectivity index (χ1v) is 10.3. The Balaban J connectivity index is 1.38. The van der Waals surface area contributed by atoms with Gasteiger partial charge in [0.15, 0.2) is 5.82 Å². The third-order valence-electron chi connectivity index (χ3n) is 4.75. The number of likely N-dealkylation sites (tertiary alicyclic amines) is 1. The number of hydrogen-bond acceptors (Lipinski definition) is 8. The number of nitrogens with one attached hydrogen (secondary N) is 1. The van der Waals surface area contributed by atoms with Crippen LogP contribution in [0, 0.1) is 6.92 Å². The molecule has 0 aromatic carbocycles.